The molecule has 0 aliphatic carbocycles. The number of thioether (sulfide) groups is 1. The molecule has 0 nitrogen and oxygen atoms in total. The first-order chi connectivity index (χ1) is 11.1. The van der Waals surface area contributed by atoms with Crippen LogP contribution in [0.2, 0.25) is 0 Å². The van der Waals surface area contributed by atoms with Crippen molar-refractivity contribution in [2.24, 2.45) is 10.8 Å². The van der Waals surface area contributed by atoms with E-state index in [0.717, 1.165) is 6.42 Å². The standard InChI is InChI=1S/C20H25BrS3/c1-18(2,3)20(19(4,5)6)12-13(21)17(24-20)16-10-9-15(23-16)14-8-7-11-22-14/h7-11H,12H2,1-6H3. The molecule has 0 saturated heterocycles. The monoisotopic (exact) mass is 440 g/mol. The molecule has 0 fully saturated rings. The maximum atomic E-state index is 3.93. The van der Waals surface area contributed by atoms with Crippen molar-refractivity contribution >= 4 is 55.3 Å². The Hall–Kier alpha value is -0.0300. The van der Waals surface area contributed by atoms with Gasteiger partial charge in [-0.05, 0) is 40.8 Å². The molecule has 1 aliphatic heterocycles. The predicted molar refractivity (Wildman–Crippen MR) is 117 cm³/mol. The molecule has 0 spiro atoms. The average molecular weight is 442 g/mol. The fourth-order valence-corrected chi connectivity index (χ4v) is 8.50. The Morgan fingerprint density at radius 3 is 2.04 bits per heavy atom. The number of allylic oxidation sites excluding steroid dienone is 1. The summed E-state index contributed by atoms with van der Waals surface area (Å²) in [6.07, 6.45) is 1.10. The van der Waals surface area contributed by atoms with E-state index in [4.69, 9.17) is 0 Å². The van der Waals surface area contributed by atoms with Crippen LogP contribution in [0, 0.1) is 10.8 Å². The smallest absolute Gasteiger partial charge is 0.0449 e. The van der Waals surface area contributed by atoms with Gasteiger partial charge in [0.25, 0.3) is 0 Å². The summed E-state index contributed by atoms with van der Waals surface area (Å²) in [5.41, 5.74) is 0.453. The van der Waals surface area contributed by atoms with Crippen molar-refractivity contribution < 1.29 is 0 Å². The summed E-state index contributed by atoms with van der Waals surface area (Å²) in [4.78, 5) is 5.57. The van der Waals surface area contributed by atoms with Crippen molar-refractivity contribution in [3.8, 4) is 9.75 Å². The summed E-state index contributed by atoms with van der Waals surface area (Å²) >= 11 is 9.75. The van der Waals surface area contributed by atoms with Gasteiger partial charge in [-0.15, -0.1) is 34.4 Å². The Labute approximate surface area is 166 Å². The van der Waals surface area contributed by atoms with Gasteiger partial charge in [-0.1, -0.05) is 63.5 Å². The van der Waals surface area contributed by atoms with Gasteiger partial charge >= 0.3 is 0 Å². The lowest BCUT2D eigenvalue weighted by molar-refractivity contribution is 0.145. The highest BCUT2D eigenvalue weighted by atomic mass is 79.9. The van der Waals surface area contributed by atoms with Crippen LogP contribution < -0.4 is 0 Å². The van der Waals surface area contributed by atoms with E-state index in [-0.39, 0.29) is 15.6 Å². The Balaban J connectivity index is 1.97. The van der Waals surface area contributed by atoms with Crippen molar-refractivity contribution in [3.05, 3.63) is 39.0 Å². The molecular weight excluding hydrogens is 416 g/mol. The fraction of sp³-hybridized carbons (Fsp3) is 0.500. The molecule has 0 aromatic carbocycles. The number of hydrogen-bond acceptors (Lipinski definition) is 3. The second kappa shape index (κ2) is 6.29. The summed E-state index contributed by atoms with van der Waals surface area (Å²) < 4.78 is 1.57. The van der Waals surface area contributed by atoms with Crippen LogP contribution in [0.1, 0.15) is 52.8 Å². The third kappa shape index (κ3) is 3.08. The van der Waals surface area contributed by atoms with Crippen LogP contribution in [-0.4, -0.2) is 4.75 Å². The molecule has 130 valence electrons. The summed E-state index contributed by atoms with van der Waals surface area (Å²) in [5, 5.41) is 2.15. The predicted octanol–water partition coefficient (Wildman–Crippen LogP) is 8.51. The molecule has 2 aromatic heterocycles. The molecule has 3 heterocycles. The lowest BCUT2D eigenvalue weighted by Crippen LogP contribution is -2.48. The number of rotatable bonds is 2. The highest BCUT2D eigenvalue weighted by Crippen LogP contribution is 2.66. The molecule has 0 radical (unpaired) electrons. The molecule has 4 heteroatoms. The van der Waals surface area contributed by atoms with Crippen LogP contribution in [-0.2, 0) is 0 Å². The molecule has 24 heavy (non-hydrogen) atoms. The highest BCUT2D eigenvalue weighted by molar-refractivity contribution is 9.12. The Kier molecular flexibility index (Phi) is 4.92. The largest absolute Gasteiger partial charge is 0.143 e. The first-order valence-corrected chi connectivity index (χ1v) is 11.6. The van der Waals surface area contributed by atoms with Crippen molar-refractivity contribution in [1.29, 1.82) is 0 Å². The number of thiophene rings is 2. The lowest BCUT2D eigenvalue weighted by Gasteiger charge is -2.51. The second-order valence-electron chi connectivity index (χ2n) is 8.48. The maximum Gasteiger partial charge on any atom is 0.0449 e. The second-order valence-corrected chi connectivity index (χ2v) is 12.8. The maximum absolute atomic E-state index is 3.93. The first-order valence-electron chi connectivity index (χ1n) is 8.27. The zero-order chi connectivity index (χ0) is 17.8. The minimum Gasteiger partial charge on any atom is -0.143 e. The molecular formula is C20H25BrS3. The zero-order valence-electron chi connectivity index (χ0n) is 15.2. The van der Waals surface area contributed by atoms with Gasteiger partial charge in [0.05, 0.1) is 0 Å². The van der Waals surface area contributed by atoms with E-state index >= 15 is 0 Å². The van der Waals surface area contributed by atoms with Gasteiger partial charge in [-0.3, -0.25) is 0 Å². The summed E-state index contributed by atoms with van der Waals surface area (Å²) in [6.45, 7) is 14.3. The van der Waals surface area contributed by atoms with E-state index in [1.807, 2.05) is 22.7 Å². The van der Waals surface area contributed by atoms with E-state index in [1.54, 1.807) is 0 Å². The lowest BCUT2D eigenvalue weighted by atomic mass is 9.64. The minimum absolute atomic E-state index is 0.196. The molecule has 0 bridgehead atoms. The summed E-state index contributed by atoms with van der Waals surface area (Å²) in [5.74, 6) is 0. The van der Waals surface area contributed by atoms with E-state index in [1.165, 1.54) is 24.0 Å². The third-order valence-electron chi connectivity index (χ3n) is 4.94. The topological polar surface area (TPSA) is 0 Å². The third-order valence-corrected chi connectivity index (χ3v) is 10.6. The van der Waals surface area contributed by atoms with E-state index in [0.29, 0.717) is 0 Å². The summed E-state index contributed by atoms with van der Waals surface area (Å²) in [6, 6.07) is 8.90. The highest BCUT2D eigenvalue weighted by Gasteiger charge is 2.55. The van der Waals surface area contributed by atoms with Crippen LogP contribution in [0.3, 0.4) is 0 Å². The molecule has 2 aromatic rings. The van der Waals surface area contributed by atoms with Gasteiger partial charge in [0.2, 0.25) is 0 Å². The summed E-state index contributed by atoms with van der Waals surface area (Å²) in [7, 11) is 0. The zero-order valence-corrected chi connectivity index (χ0v) is 19.2. The molecule has 0 amide bonds. The Bertz CT molecular complexity index is 738. The van der Waals surface area contributed by atoms with Gasteiger partial charge in [0.1, 0.15) is 0 Å². The molecule has 1 aliphatic rings. The number of halogens is 1. The SMILES string of the molecule is CC(C)(C)C1(C(C)(C)C)CC(Br)=C(c2ccc(-c3cccs3)s2)S1. The normalized spacial score (nSPS) is 18.5. The van der Waals surface area contributed by atoms with Crippen LogP contribution in [0.15, 0.2) is 34.1 Å². The molecule has 0 N–H and O–H groups in total. The Morgan fingerprint density at radius 1 is 0.917 bits per heavy atom. The van der Waals surface area contributed by atoms with Crippen LogP contribution in [0.5, 0.6) is 0 Å². The minimum atomic E-state index is 0.196. The molecule has 3 rings (SSSR count). The van der Waals surface area contributed by atoms with E-state index < -0.39 is 0 Å². The molecule has 0 saturated carbocycles. The van der Waals surface area contributed by atoms with Crippen molar-refractivity contribution in [2.45, 2.75) is 52.7 Å². The Morgan fingerprint density at radius 2 is 1.54 bits per heavy atom. The average Bonchev–Trinajstić information content (AvgIpc) is 3.14. The molecule has 0 atom stereocenters. The molecule has 0 unspecified atom stereocenters. The quantitative estimate of drug-likeness (QED) is 0.450. The van der Waals surface area contributed by atoms with Gasteiger partial charge in [-0.25, -0.2) is 0 Å². The fourth-order valence-electron chi connectivity index (χ4n) is 3.72. The van der Waals surface area contributed by atoms with E-state index in [9.17, 15) is 0 Å². The number of hydrogen-bond donors (Lipinski definition) is 0. The van der Waals surface area contributed by atoms with Gasteiger partial charge in [-0.2, -0.15) is 0 Å². The van der Waals surface area contributed by atoms with Crippen molar-refractivity contribution in [1.82, 2.24) is 0 Å². The van der Waals surface area contributed by atoms with Crippen molar-refractivity contribution in [2.75, 3.05) is 0 Å². The first kappa shape index (κ1) is 18.8. The van der Waals surface area contributed by atoms with Gasteiger partial charge in [0, 0.05) is 28.8 Å². The van der Waals surface area contributed by atoms with Crippen molar-refractivity contribution in [3.63, 3.8) is 0 Å². The van der Waals surface area contributed by atoms with Crippen LogP contribution >= 0.6 is 50.4 Å². The van der Waals surface area contributed by atoms with Gasteiger partial charge in [0.15, 0.2) is 0 Å². The van der Waals surface area contributed by atoms with Crippen LogP contribution in [0.4, 0.5) is 0 Å². The van der Waals surface area contributed by atoms with Gasteiger partial charge < -0.3 is 0 Å². The van der Waals surface area contributed by atoms with E-state index in [2.05, 4.69) is 98.9 Å². The van der Waals surface area contributed by atoms with Crippen LogP contribution in [0.25, 0.3) is 14.7 Å².